The van der Waals surface area contributed by atoms with Crippen LogP contribution in [0.5, 0.6) is 0 Å². The minimum Gasteiger partial charge on any atom is -0.310 e. The molecule has 0 spiro atoms. The maximum atomic E-state index is 12.9. The van der Waals surface area contributed by atoms with Crippen LogP contribution in [0, 0.1) is 0 Å². The number of anilines is 1. The molecule has 1 heterocycles. The van der Waals surface area contributed by atoms with Crippen LogP contribution in [-0.4, -0.2) is 15.7 Å². The topological polar surface area (TPSA) is 46.9 Å². The van der Waals surface area contributed by atoms with Crippen LogP contribution in [-0.2, 0) is 17.3 Å². The molecule has 0 aliphatic heterocycles. The number of benzene rings is 1. The predicted molar refractivity (Wildman–Crippen MR) is 95.0 cm³/mol. The van der Waals surface area contributed by atoms with Gasteiger partial charge in [-0.15, -0.1) is 0 Å². The molecule has 1 aromatic carbocycles. The van der Waals surface area contributed by atoms with E-state index in [9.17, 15) is 4.79 Å². The van der Waals surface area contributed by atoms with E-state index in [1.54, 1.807) is 0 Å². The molecule has 0 radical (unpaired) electrons. The summed E-state index contributed by atoms with van der Waals surface area (Å²) < 4.78 is 1.82. The second-order valence-corrected chi connectivity index (χ2v) is 7.32. The Balaban J connectivity index is 1.51. The lowest BCUT2D eigenvalue weighted by Crippen LogP contribution is -2.28. The largest absolute Gasteiger partial charge is 0.310 e. The molecule has 2 aliphatic rings. The first-order chi connectivity index (χ1) is 11.7. The number of nitrogens with one attached hydrogen (secondary N) is 1. The third-order valence-corrected chi connectivity index (χ3v) is 5.67. The maximum absolute atomic E-state index is 12.9. The fourth-order valence-corrected chi connectivity index (χ4v) is 3.97. The Morgan fingerprint density at radius 3 is 2.54 bits per heavy atom. The van der Waals surface area contributed by atoms with E-state index < -0.39 is 0 Å². The highest BCUT2D eigenvalue weighted by atomic mass is 16.2. The molecule has 4 heteroatoms. The summed E-state index contributed by atoms with van der Waals surface area (Å²) in [5, 5.41) is 7.80. The standard InChI is InChI=1S/C20H25N3O/c1-23-18(14-17(22-23)15-8-4-2-5-9-15)21-19(24)20(12-13-20)16-10-6-3-7-11-16/h3,6-7,10-11,14-15H,2,4-5,8-9,12-13H2,1H3,(H,21,24). The molecule has 4 rings (SSSR count). The summed E-state index contributed by atoms with van der Waals surface area (Å²) in [5.74, 6) is 1.48. The minimum atomic E-state index is -0.337. The van der Waals surface area contributed by atoms with E-state index in [1.807, 2.05) is 29.9 Å². The molecule has 2 fully saturated rings. The molecule has 0 atom stereocenters. The van der Waals surface area contributed by atoms with Crippen LogP contribution >= 0.6 is 0 Å². The number of nitrogens with zero attached hydrogens (tertiary/aromatic N) is 2. The van der Waals surface area contributed by atoms with Crippen molar-refractivity contribution in [2.45, 2.75) is 56.3 Å². The SMILES string of the molecule is Cn1nc(C2CCCCC2)cc1NC(=O)C1(c2ccccc2)CC1. The summed E-state index contributed by atoms with van der Waals surface area (Å²) in [6.45, 7) is 0. The van der Waals surface area contributed by atoms with Gasteiger partial charge in [-0.3, -0.25) is 9.48 Å². The Bertz CT molecular complexity index is 725. The highest BCUT2D eigenvalue weighted by Crippen LogP contribution is 2.49. The van der Waals surface area contributed by atoms with Crippen LogP contribution < -0.4 is 5.32 Å². The Hall–Kier alpha value is -2.10. The molecule has 0 saturated heterocycles. The lowest BCUT2D eigenvalue weighted by Gasteiger charge is -2.19. The van der Waals surface area contributed by atoms with Crippen molar-refractivity contribution in [3.63, 3.8) is 0 Å². The molecule has 2 saturated carbocycles. The van der Waals surface area contributed by atoms with Crippen molar-refractivity contribution in [1.29, 1.82) is 0 Å². The quantitative estimate of drug-likeness (QED) is 0.919. The molecule has 1 amide bonds. The average Bonchev–Trinajstić information content (AvgIpc) is 3.37. The highest BCUT2D eigenvalue weighted by molar-refractivity contribution is 6.00. The van der Waals surface area contributed by atoms with Gasteiger partial charge in [0, 0.05) is 19.0 Å². The van der Waals surface area contributed by atoms with Crippen molar-refractivity contribution in [2.75, 3.05) is 5.32 Å². The van der Waals surface area contributed by atoms with Crippen molar-refractivity contribution in [3.05, 3.63) is 47.7 Å². The van der Waals surface area contributed by atoms with E-state index >= 15 is 0 Å². The average molecular weight is 323 g/mol. The number of carbonyl (C=O) groups is 1. The summed E-state index contributed by atoms with van der Waals surface area (Å²) in [4.78, 5) is 12.9. The lowest BCUT2D eigenvalue weighted by atomic mass is 9.87. The zero-order valence-electron chi connectivity index (χ0n) is 14.3. The van der Waals surface area contributed by atoms with Gasteiger partial charge in [-0.25, -0.2) is 0 Å². The van der Waals surface area contributed by atoms with Crippen LogP contribution in [0.1, 0.15) is 62.1 Å². The van der Waals surface area contributed by atoms with Gasteiger partial charge in [0.05, 0.1) is 11.1 Å². The number of hydrogen-bond acceptors (Lipinski definition) is 2. The maximum Gasteiger partial charge on any atom is 0.236 e. The Morgan fingerprint density at radius 2 is 1.88 bits per heavy atom. The van der Waals surface area contributed by atoms with Crippen molar-refractivity contribution < 1.29 is 4.79 Å². The summed E-state index contributed by atoms with van der Waals surface area (Å²) in [6.07, 6.45) is 8.22. The summed E-state index contributed by atoms with van der Waals surface area (Å²) in [7, 11) is 1.92. The van der Waals surface area contributed by atoms with E-state index in [4.69, 9.17) is 0 Å². The first kappa shape index (κ1) is 15.4. The molecule has 24 heavy (non-hydrogen) atoms. The third-order valence-electron chi connectivity index (χ3n) is 5.67. The minimum absolute atomic E-state index is 0.104. The van der Waals surface area contributed by atoms with Gasteiger partial charge in [0.1, 0.15) is 5.82 Å². The van der Waals surface area contributed by atoms with Gasteiger partial charge in [-0.2, -0.15) is 5.10 Å². The number of hydrogen-bond donors (Lipinski definition) is 1. The number of carbonyl (C=O) groups excluding carboxylic acids is 1. The third kappa shape index (κ3) is 2.74. The van der Waals surface area contributed by atoms with Gasteiger partial charge in [-0.05, 0) is 31.2 Å². The normalized spacial score (nSPS) is 19.9. The van der Waals surface area contributed by atoms with Crippen molar-refractivity contribution in [3.8, 4) is 0 Å². The number of rotatable bonds is 4. The Labute approximate surface area is 143 Å². The van der Waals surface area contributed by atoms with E-state index in [2.05, 4.69) is 28.6 Å². The molecule has 126 valence electrons. The van der Waals surface area contributed by atoms with Gasteiger partial charge in [0.15, 0.2) is 0 Å². The van der Waals surface area contributed by atoms with Crippen LogP contribution in [0.15, 0.2) is 36.4 Å². The van der Waals surface area contributed by atoms with E-state index in [0.29, 0.717) is 5.92 Å². The fourth-order valence-electron chi connectivity index (χ4n) is 3.97. The zero-order valence-corrected chi connectivity index (χ0v) is 14.3. The fraction of sp³-hybridized carbons (Fsp3) is 0.500. The first-order valence-electron chi connectivity index (χ1n) is 9.10. The number of amides is 1. The molecule has 0 unspecified atom stereocenters. The molecule has 1 N–H and O–H groups in total. The number of aryl methyl sites for hydroxylation is 1. The molecule has 2 aromatic rings. The smallest absolute Gasteiger partial charge is 0.236 e. The van der Waals surface area contributed by atoms with E-state index in [0.717, 1.165) is 29.9 Å². The second kappa shape index (κ2) is 6.08. The number of aromatic nitrogens is 2. The lowest BCUT2D eigenvalue weighted by molar-refractivity contribution is -0.118. The molecule has 0 bridgehead atoms. The summed E-state index contributed by atoms with van der Waals surface area (Å²) in [5.41, 5.74) is 1.92. The summed E-state index contributed by atoms with van der Waals surface area (Å²) in [6, 6.07) is 12.2. The van der Waals surface area contributed by atoms with Gasteiger partial charge < -0.3 is 5.32 Å². The van der Waals surface area contributed by atoms with Gasteiger partial charge in [0.25, 0.3) is 0 Å². The molecule has 1 aromatic heterocycles. The molecular weight excluding hydrogens is 298 g/mol. The molecule has 2 aliphatic carbocycles. The Morgan fingerprint density at radius 1 is 1.17 bits per heavy atom. The molecule has 4 nitrogen and oxygen atoms in total. The van der Waals surface area contributed by atoms with Crippen LogP contribution in [0.2, 0.25) is 0 Å². The second-order valence-electron chi connectivity index (χ2n) is 7.32. The Kier molecular flexibility index (Phi) is 3.91. The van der Waals surface area contributed by atoms with Crippen molar-refractivity contribution >= 4 is 11.7 Å². The molecular formula is C20H25N3O. The van der Waals surface area contributed by atoms with Crippen molar-refractivity contribution in [1.82, 2.24) is 9.78 Å². The van der Waals surface area contributed by atoms with Gasteiger partial charge in [0.2, 0.25) is 5.91 Å². The van der Waals surface area contributed by atoms with Crippen LogP contribution in [0.3, 0.4) is 0 Å². The highest BCUT2D eigenvalue weighted by Gasteiger charge is 2.51. The van der Waals surface area contributed by atoms with Crippen molar-refractivity contribution in [2.24, 2.45) is 7.05 Å². The first-order valence-corrected chi connectivity index (χ1v) is 9.10. The van der Waals surface area contributed by atoms with Crippen LogP contribution in [0.25, 0.3) is 0 Å². The van der Waals surface area contributed by atoms with E-state index in [1.165, 1.54) is 32.1 Å². The monoisotopic (exact) mass is 323 g/mol. The summed E-state index contributed by atoms with van der Waals surface area (Å²) >= 11 is 0. The zero-order chi connectivity index (χ0) is 16.6. The van der Waals surface area contributed by atoms with E-state index in [-0.39, 0.29) is 11.3 Å². The predicted octanol–water partition coefficient (Wildman–Crippen LogP) is 4.14. The van der Waals surface area contributed by atoms with Gasteiger partial charge >= 0.3 is 0 Å². The van der Waals surface area contributed by atoms with Gasteiger partial charge in [-0.1, -0.05) is 49.6 Å². The van der Waals surface area contributed by atoms with Crippen LogP contribution in [0.4, 0.5) is 5.82 Å².